The second-order valence-corrected chi connectivity index (χ2v) is 7.58. The molecule has 5 rings (SSSR count). The third kappa shape index (κ3) is 3.11. The Morgan fingerprint density at radius 2 is 1.96 bits per heavy atom. The number of hydrogen-bond donors (Lipinski definition) is 1. The highest BCUT2D eigenvalue weighted by molar-refractivity contribution is 7.13. The van der Waals surface area contributed by atoms with Crippen LogP contribution in [0, 0.1) is 0 Å². The van der Waals surface area contributed by atoms with Crippen molar-refractivity contribution >= 4 is 28.7 Å². The molecule has 0 unspecified atom stereocenters. The zero-order valence-corrected chi connectivity index (χ0v) is 15.8. The molecule has 1 fully saturated rings. The van der Waals surface area contributed by atoms with Gasteiger partial charge in [-0.15, -0.1) is 11.3 Å². The number of aromatic nitrogens is 4. The lowest BCUT2D eigenvalue weighted by Crippen LogP contribution is -2.37. The summed E-state index contributed by atoms with van der Waals surface area (Å²) in [6.45, 7) is 1.54. The van der Waals surface area contributed by atoms with Gasteiger partial charge >= 0.3 is 0 Å². The molecule has 1 N–H and O–H groups in total. The topological polar surface area (TPSA) is 75.4 Å². The van der Waals surface area contributed by atoms with Crippen molar-refractivity contribution in [3.63, 3.8) is 0 Å². The summed E-state index contributed by atoms with van der Waals surface area (Å²) in [4.78, 5) is 28.2. The van der Waals surface area contributed by atoms with Crippen molar-refractivity contribution in [3.8, 4) is 10.6 Å². The van der Waals surface area contributed by atoms with Gasteiger partial charge in [-0.2, -0.15) is 0 Å². The first-order chi connectivity index (χ1) is 13.8. The summed E-state index contributed by atoms with van der Waals surface area (Å²) in [6, 6.07) is 9.97. The Hall–Kier alpha value is -3.26. The van der Waals surface area contributed by atoms with Gasteiger partial charge in [-0.3, -0.25) is 4.79 Å². The molecule has 140 valence electrons. The van der Waals surface area contributed by atoms with Crippen LogP contribution in [-0.2, 0) is 0 Å². The predicted molar refractivity (Wildman–Crippen MR) is 109 cm³/mol. The number of anilines is 1. The van der Waals surface area contributed by atoms with Gasteiger partial charge in [0.15, 0.2) is 11.5 Å². The van der Waals surface area contributed by atoms with Gasteiger partial charge in [0.1, 0.15) is 10.7 Å². The van der Waals surface area contributed by atoms with E-state index in [9.17, 15) is 4.79 Å². The number of fused-ring (bicyclic) bond motifs is 1. The highest BCUT2D eigenvalue weighted by atomic mass is 32.1. The van der Waals surface area contributed by atoms with Gasteiger partial charge in [-0.05, 0) is 6.42 Å². The zero-order valence-electron chi connectivity index (χ0n) is 15.0. The first-order valence-corrected chi connectivity index (χ1v) is 10.0. The largest absolute Gasteiger partial charge is 0.351 e. The number of nitrogens with one attached hydrogen (secondary N) is 1. The summed E-state index contributed by atoms with van der Waals surface area (Å²) in [5.41, 5.74) is 2.33. The molecule has 7 nitrogen and oxygen atoms in total. The Balaban J connectivity index is 1.27. The van der Waals surface area contributed by atoms with Gasteiger partial charge in [-0.25, -0.2) is 15.0 Å². The number of nitrogens with zero attached hydrogens (tertiary/aromatic N) is 5. The number of benzene rings is 1. The van der Waals surface area contributed by atoms with Crippen molar-refractivity contribution in [3.05, 3.63) is 66.2 Å². The summed E-state index contributed by atoms with van der Waals surface area (Å²) in [7, 11) is 0. The molecule has 0 bridgehead atoms. The van der Waals surface area contributed by atoms with Gasteiger partial charge in [0, 0.05) is 54.9 Å². The van der Waals surface area contributed by atoms with E-state index in [1.54, 1.807) is 12.4 Å². The number of imidazole rings is 1. The van der Waals surface area contributed by atoms with Crippen LogP contribution in [0.3, 0.4) is 0 Å². The second kappa shape index (κ2) is 7.05. The molecule has 3 aromatic heterocycles. The van der Waals surface area contributed by atoms with Crippen molar-refractivity contribution in [2.45, 2.75) is 12.5 Å². The molecule has 1 atom stereocenters. The van der Waals surface area contributed by atoms with Crippen LogP contribution in [0.1, 0.15) is 16.9 Å². The number of amides is 1. The quantitative estimate of drug-likeness (QED) is 0.580. The monoisotopic (exact) mass is 390 g/mol. The number of rotatable bonds is 4. The molecule has 0 radical (unpaired) electrons. The van der Waals surface area contributed by atoms with E-state index >= 15 is 0 Å². The Kier molecular flexibility index (Phi) is 4.25. The van der Waals surface area contributed by atoms with E-state index in [0.717, 1.165) is 35.0 Å². The van der Waals surface area contributed by atoms with Gasteiger partial charge in [-0.1, -0.05) is 30.3 Å². The molecule has 28 heavy (non-hydrogen) atoms. The lowest BCUT2D eigenvalue weighted by atomic mass is 10.2. The summed E-state index contributed by atoms with van der Waals surface area (Å²) < 4.78 is 1.95. The van der Waals surface area contributed by atoms with Crippen molar-refractivity contribution in [2.24, 2.45) is 0 Å². The van der Waals surface area contributed by atoms with E-state index in [0.29, 0.717) is 12.2 Å². The summed E-state index contributed by atoms with van der Waals surface area (Å²) >= 11 is 1.49. The Labute approximate surface area is 165 Å². The molecule has 1 saturated heterocycles. The van der Waals surface area contributed by atoms with Gasteiger partial charge in [0.05, 0.1) is 0 Å². The van der Waals surface area contributed by atoms with E-state index in [1.165, 1.54) is 11.3 Å². The SMILES string of the molecule is O=C(N[C@H]1CCN(c2nccn3ccnc23)C1)c1csc(-c2ccccc2)n1. The number of carbonyl (C=O) groups excluding carboxylic acids is 1. The summed E-state index contributed by atoms with van der Waals surface area (Å²) in [5, 5.41) is 5.78. The number of hydrogen-bond acceptors (Lipinski definition) is 6. The molecule has 0 spiro atoms. The van der Waals surface area contributed by atoms with E-state index in [2.05, 4.69) is 25.2 Å². The van der Waals surface area contributed by atoms with Gasteiger partial charge < -0.3 is 14.6 Å². The molecular weight excluding hydrogens is 372 g/mol. The molecule has 4 aromatic rings. The first-order valence-electron chi connectivity index (χ1n) is 9.12. The maximum Gasteiger partial charge on any atom is 0.271 e. The van der Waals surface area contributed by atoms with Crippen molar-refractivity contribution in [1.82, 2.24) is 24.7 Å². The smallest absolute Gasteiger partial charge is 0.271 e. The molecule has 4 heterocycles. The fourth-order valence-corrected chi connectivity index (χ4v) is 4.29. The molecule has 1 aliphatic rings. The van der Waals surface area contributed by atoms with E-state index in [1.807, 2.05) is 52.5 Å². The fourth-order valence-electron chi connectivity index (χ4n) is 3.48. The van der Waals surface area contributed by atoms with Crippen LogP contribution < -0.4 is 10.2 Å². The van der Waals surface area contributed by atoms with Crippen LogP contribution in [0.2, 0.25) is 0 Å². The Bertz CT molecular complexity index is 1120. The fraction of sp³-hybridized carbons (Fsp3) is 0.200. The van der Waals surface area contributed by atoms with Crippen LogP contribution >= 0.6 is 11.3 Å². The average Bonchev–Trinajstić information content (AvgIpc) is 3.48. The highest BCUT2D eigenvalue weighted by Crippen LogP contribution is 2.24. The lowest BCUT2D eigenvalue weighted by Gasteiger charge is -2.18. The normalized spacial score (nSPS) is 16.6. The Morgan fingerprint density at radius 3 is 2.82 bits per heavy atom. The highest BCUT2D eigenvalue weighted by Gasteiger charge is 2.27. The van der Waals surface area contributed by atoms with Crippen molar-refractivity contribution < 1.29 is 4.79 Å². The standard InChI is InChI=1S/C20H18N6OS/c27-19(16-13-28-20(24-16)14-4-2-1-3-5-14)23-15-6-9-26(12-15)18-17-21-7-10-25(17)11-8-22-18/h1-5,7-8,10-11,13,15H,6,9,12H2,(H,23,27)/t15-/m0/s1. The zero-order chi connectivity index (χ0) is 18.9. The average molecular weight is 390 g/mol. The van der Waals surface area contributed by atoms with Crippen LogP contribution in [0.4, 0.5) is 5.82 Å². The number of thiazole rings is 1. The molecule has 8 heteroatoms. The van der Waals surface area contributed by atoms with Gasteiger partial charge in [0.2, 0.25) is 0 Å². The molecule has 1 aliphatic heterocycles. The third-order valence-corrected chi connectivity index (χ3v) is 5.76. The molecule has 1 aromatic carbocycles. The van der Waals surface area contributed by atoms with Crippen LogP contribution in [0.15, 0.2) is 60.5 Å². The third-order valence-electron chi connectivity index (χ3n) is 4.87. The maximum absolute atomic E-state index is 12.6. The first kappa shape index (κ1) is 16.9. The lowest BCUT2D eigenvalue weighted by molar-refractivity contribution is 0.0936. The van der Waals surface area contributed by atoms with E-state index in [-0.39, 0.29) is 11.9 Å². The Morgan fingerprint density at radius 1 is 1.14 bits per heavy atom. The predicted octanol–water partition coefficient (Wildman–Crippen LogP) is 2.86. The molecule has 1 amide bonds. The maximum atomic E-state index is 12.6. The van der Waals surface area contributed by atoms with E-state index in [4.69, 9.17) is 0 Å². The summed E-state index contributed by atoms with van der Waals surface area (Å²) in [6.07, 6.45) is 8.19. The molecular formula is C20H18N6OS. The minimum atomic E-state index is -0.128. The van der Waals surface area contributed by atoms with Crippen LogP contribution in [-0.4, -0.2) is 44.4 Å². The van der Waals surface area contributed by atoms with Crippen molar-refractivity contribution in [2.75, 3.05) is 18.0 Å². The molecule has 0 saturated carbocycles. The minimum absolute atomic E-state index is 0.0615. The molecule has 0 aliphatic carbocycles. The van der Waals surface area contributed by atoms with Crippen LogP contribution in [0.5, 0.6) is 0 Å². The van der Waals surface area contributed by atoms with Crippen molar-refractivity contribution in [1.29, 1.82) is 0 Å². The van der Waals surface area contributed by atoms with Crippen LogP contribution in [0.25, 0.3) is 16.2 Å². The minimum Gasteiger partial charge on any atom is -0.351 e. The number of carbonyl (C=O) groups is 1. The summed E-state index contributed by atoms with van der Waals surface area (Å²) in [5.74, 6) is 0.724. The second-order valence-electron chi connectivity index (χ2n) is 6.72. The van der Waals surface area contributed by atoms with Gasteiger partial charge in [0.25, 0.3) is 5.91 Å². The van der Waals surface area contributed by atoms with E-state index < -0.39 is 0 Å².